The summed E-state index contributed by atoms with van der Waals surface area (Å²) in [5.41, 5.74) is 1.25. The van der Waals surface area contributed by atoms with Crippen molar-refractivity contribution in [3.05, 3.63) is 102 Å². The number of hydrogen-bond donors (Lipinski definition) is 2. The van der Waals surface area contributed by atoms with E-state index in [1.54, 1.807) is 0 Å². The Labute approximate surface area is 195 Å². The first-order valence-corrected chi connectivity index (χ1v) is 13.1. The van der Waals surface area contributed by atoms with Gasteiger partial charge in [0.25, 0.3) is 0 Å². The third-order valence-corrected chi connectivity index (χ3v) is 11.2. The molecule has 0 radical (unpaired) electrons. The number of ether oxygens (including phenoxy) is 2. The molecular weight excluding hydrogens is 431 g/mol. The van der Waals surface area contributed by atoms with Gasteiger partial charge < -0.3 is 0 Å². The Hall–Kier alpha value is -3.49. The van der Waals surface area contributed by atoms with Crippen LogP contribution >= 0.6 is 7.26 Å². The number of benzene rings is 4. The van der Waals surface area contributed by atoms with Gasteiger partial charge in [0, 0.05) is 0 Å². The van der Waals surface area contributed by atoms with Gasteiger partial charge in [0.1, 0.15) is 0 Å². The summed E-state index contributed by atoms with van der Waals surface area (Å²) in [6, 6.07) is 31.4. The van der Waals surface area contributed by atoms with E-state index in [1.807, 2.05) is 25.1 Å². The van der Waals surface area contributed by atoms with E-state index < -0.39 is 7.26 Å². The van der Waals surface area contributed by atoms with E-state index in [1.165, 1.54) is 30.1 Å². The second-order valence-corrected chi connectivity index (χ2v) is 11.9. The third kappa shape index (κ3) is 3.92. The first-order chi connectivity index (χ1) is 16.0. The number of methoxy groups -OCH3 is 2. The summed E-state index contributed by atoms with van der Waals surface area (Å²) in [6.45, 7) is 1.81. The molecule has 0 heterocycles. The molecule has 0 amide bonds. The Morgan fingerprint density at radius 2 is 0.970 bits per heavy atom. The van der Waals surface area contributed by atoms with Crippen molar-refractivity contribution in [2.45, 2.75) is 13.1 Å². The van der Waals surface area contributed by atoms with Crippen LogP contribution in [0.4, 0.5) is 0 Å². The van der Waals surface area contributed by atoms with Gasteiger partial charge in [-0.25, -0.2) is 0 Å². The van der Waals surface area contributed by atoms with Gasteiger partial charge in [0.15, 0.2) is 0 Å². The van der Waals surface area contributed by atoms with Crippen molar-refractivity contribution < 1.29 is 19.7 Å². The first kappa shape index (κ1) is 22.7. The Kier molecular flexibility index (Phi) is 6.57. The summed E-state index contributed by atoms with van der Waals surface area (Å²) in [4.78, 5) is 0. The average molecular weight is 461 g/mol. The summed E-state index contributed by atoms with van der Waals surface area (Å²) in [5.74, 6) is 0.277. The zero-order valence-corrected chi connectivity index (χ0v) is 20.1. The molecule has 0 saturated heterocycles. The zero-order chi connectivity index (χ0) is 23.4. The molecule has 0 aliphatic rings. The molecule has 4 nitrogen and oxygen atoms in total. The molecule has 0 aromatic heterocycles. The van der Waals surface area contributed by atoms with Crippen molar-refractivity contribution in [3.8, 4) is 23.0 Å². The second kappa shape index (κ2) is 9.56. The van der Waals surface area contributed by atoms with Gasteiger partial charge in [-0.15, -0.1) is 0 Å². The maximum absolute atomic E-state index is 11.3. The molecule has 4 aromatic rings. The van der Waals surface area contributed by atoms with E-state index in [-0.39, 0.29) is 23.0 Å². The van der Waals surface area contributed by atoms with Gasteiger partial charge in [-0.1, -0.05) is 0 Å². The van der Waals surface area contributed by atoms with Gasteiger partial charge in [0.05, 0.1) is 0 Å². The van der Waals surface area contributed by atoms with E-state index in [2.05, 4.69) is 72.8 Å². The van der Waals surface area contributed by atoms with Crippen LogP contribution in [0.5, 0.6) is 23.0 Å². The fraction of sp³-hybridized carbons (Fsp3) is 0.143. The molecular formula is C28H29O4P. The summed E-state index contributed by atoms with van der Waals surface area (Å²) in [7, 11) is 0.235. The quantitative estimate of drug-likeness (QED) is 0.311. The Bertz CT molecular complexity index is 1130. The van der Waals surface area contributed by atoms with Crippen LogP contribution in [0, 0.1) is 6.92 Å². The number of hydrogen-bond acceptors (Lipinski definition) is 4. The number of rotatable bonds is 7. The second-order valence-electron chi connectivity index (χ2n) is 8.05. The molecule has 0 spiro atoms. The van der Waals surface area contributed by atoms with Crippen LogP contribution in [-0.4, -0.2) is 24.4 Å². The molecule has 5 heteroatoms. The van der Waals surface area contributed by atoms with Crippen molar-refractivity contribution in [1.82, 2.24) is 0 Å². The molecule has 0 unspecified atom stereocenters. The van der Waals surface area contributed by atoms with Crippen molar-refractivity contribution in [3.63, 3.8) is 0 Å². The van der Waals surface area contributed by atoms with Crippen molar-refractivity contribution >= 4 is 23.2 Å². The monoisotopic (exact) mass is 460 g/mol. The zero-order valence-electron chi connectivity index (χ0n) is 19.1. The summed E-state index contributed by atoms with van der Waals surface area (Å²) >= 11 is 0. The fourth-order valence-electron chi connectivity index (χ4n) is 4.68. The molecule has 4 rings (SSSR count). The molecule has 0 fully saturated rings. The average Bonchev–Trinajstić information content (AvgIpc) is 2.88. The van der Waals surface area contributed by atoms with Crippen LogP contribution in [0.25, 0.3) is 0 Å². The van der Waals surface area contributed by atoms with Gasteiger partial charge in [0.2, 0.25) is 0 Å². The van der Waals surface area contributed by atoms with Gasteiger partial charge >= 0.3 is 195 Å². The SMILES string of the molecule is COc1c(O)c(C)c(C[PH](c2ccccc2)(c2ccccc2)c2ccccc2)c(O)c1OC. The molecule has 0 atom stereocenters. The van der Waals surface area contributed by atoms with Crippen LogP contribution in [0.2, 0.25) is 0 Å². The molecule has 0 aliphatic carbocycles. The summed E-state index contributed by atoms with van der Waals surface area (Å²) < 4.78 is 10.8. The van der Waals surface area contributed by atoms with E-state index >= 15 is 0 Å². The number of phenolic OH excluding ortho intramolecular Hbond substituents is 2. The summed E-state index contributed by atoms with van der Waals surface area (Å²) in [5, 5.41) is 25.9. The normalized spacial score (nSPS) is 11.7. The van der Waals surface area contributed by atoms with E-state index in [0.717, 1.165) is 0 Å². The standard InChI is InChI=1S/C28H29O4P/c1-20-24(26(30)28(32-3)27(31-2)25(20)29)19-33(21-13-7-4-8-14-21,22-15-9-5-10-16-22)23-17-11-6-12-18-23/h4-18,29-30,33H,19H2,1-3H3. The van der Waals surface area contributed by atoms with Crippen LogP contribution < -0.4 is 25.4 Å². The van der Waals surface area contributed by atoms with Crippen molar-refractivity contribution in [2.75, 3.05) is 14.2 Å². The minimum atomic E-state index is -2.68. The molecule has 170 valence electrons. The summed E-state index contributed by atoms with van der Waals surface area (Å²) in [6.07, 6.45) is 0.538. The van der Waals surface area contributed by atoms with Gasteiger partial charge in [-0.05, 0) is 0 Å². The van der Waals surface area contributed by atoms with E-state index in [4.69, 9.17) is 9.47 Å². The number of aromatic hydroxyl groups is 2. The molecule has 33 heavy (non-hydrogen) atoms. The third-order valence-electron chi connectivity index (χ3n) is 6.38. The minimum absolute atomic E-state index is 0.00400. The van der Waals surface area contributed by atoms with Crippen molar-refractivity contribution in [2.24, 2.45) is 0 Å². The van der Waals surface area contributed by atoms with Gasteiger partial charge in [-0.2, -0.15) is 0 Å². The fourth-order valence-corrected chi connectivity index (χ4v) is 9.54. The van der Waals surface area contributed by atoms with Crippen LogP contribution in [-0.2, 0) is 6.16 Å². The van der Waals surface area contributed by atoms with Crippen molar-refractivity contribution in [1.29, 1.82) is 0 Å². The molecule has 0 bridgehead atoms. The van der Waals surface area contributed by atoms with Crippen LogP contribution in [0.15, 0.2) is 91.0 Å². The number of phenols is 2. The molecule has 0 saturated carbocycles. The topological polar surface area (TPSA) is 58.9 Å². The molecule has 2 N–H and O–H groups in total. The maximum atomic E-state index is 11.3. The Morgan fingerprint density at radius 3 is 1.33 bits per heavy atom. The predicted molar refractivity (Wildman–Crippen MR) is 138 cm³/mol. The van der Waals surface area contributed by atoms with E-state index in [9.17, 15) is 10.2 Å². The van der Waals surface area contributed by atoms with Crippen LogP contribution in [0.3, 0.4) is 0 Å². The first-order valence-electron chi connectivity index (χ1n) is 10.9. The molecule has 0 aliphatic heterocycles. The van der Waals surface area contributed by atoms with Crippen LogP contribution in [0.1, 0.15) is 11.1 Å². The van der Waals surface area contributed by atoms with E-state index in [0.29, 0.717) is 17.3 Å². The van der Waals surface area contributed by atoms with Gasteiger partial charge in [-0.3, -0.25) is 0 Å². The predicted octanol–water partition coefficient (Wildman–Crippen LogP) is 4.65. The molecule has 4 aromatic carbocycles. The Balaban J connectivity index is 2.07. The Morgan fingerprint density at radius 1 is 0.606 bits per heavy atom.